The van der Waals surface area contributed by atoms with E-state index in [-0.39, 0.29) is 36.4 Å². The number of guanidine groups is 1. The first kappa shape index (κ1) is 24.5. The van der Waals surface area contributed by atoms with Crippen molar-refractivity contribution in [2.24, 2.45) is 12.0 Å². The Morgan fingerprint density at radius 3 is 2.77 bits per heavy atom. The van der Waals surface area contributed by atoms with E-state index in [2.05, 4.69) is 50.8 Å². The number of likely N-dealkylation sites (tertiary alicyclic amines) is 1. The molecule has 1 aliphatic heterocycles. The van der Waals surface area contributed by atoms with E-state index in [1.54, 1.807) is 19.0 Å². The second-order valence-electron chi connectivity index (χ2n) is 7.40. The van der Waals surface area contributed by atoms with Crippen LogP contribution in [-0.4, -0.2) is 77.5 Å². The molecule has 1 fully saturated rings. The summed E-state index contributed by atoms with van der Waals surface area (Å²) in [7, 11) is 5.47. The average Bonchev–Trinajstić information content (AvgIpc) is 3.37. The van der Waals surface area contributed by atoms with E-state index in [9.17, 15) is 4.79 Å². The number of halogens is 1. The van der Waals surface area contributed by atoms with Gasteiger partial charge in [0.25, 0.3) is 0 Å². The number of aromatic nitrogens is 2. The minimum Gasteiger partial charge on any atom is -0.355 e. The predicted molar refractivity (Wildman–Crippen MR) is 134 cm³/mol. The van der Waals surface area contributed by atoms with Crippen LogP contribution in [0.25, 0.3) is 0 Å². The van der Waals surface area contributed by atoms with Crippen LogP contribution in [0.15, 0.2) is 52.6 Å². The highest BCUT2D eigenvalue weighted by Crippen LogP contribution is 2.26. The van der Waals surface area contributed by atoms with Gasteiger partial charge in [-0.05, 0) is 24.1 Å². The van der Waals surface area contributed by atoms with Gasteiger partial charge in [0.1, 0.15) is 6.54 Å². The first-order valence-electron chi connectivity index (χ1n) is 9.92. The van der Waals surface area contributed by atoms with Crippen molar-refractivity contribution in [2.75, 3.05) is 46.0 Å². The number of nitrogens with one attached hydrogen (secondary N) is 1. The number of likely N-dealkylation sites (N-methyl/N-ethyl adjacent to an activating group) is 1. The van der Waals surface area contributed by atoms with E-state index in [0.29, 0.717) is 5.92 Å². The number of aliphatic imine (C=N–C) groups is 1. The van der Waals surface area contributed by atoms with Gasteiger partial charge in [0, 0.05) is 63.5 Å². The zero-order valence-corrected chi connectivity index (χ0v) is 21.0. The first-order valence-corrected chi connectivity index (χ1v) is 10.9. The molecule has 7 nitrogen and oxygen atoms in total. The molecule has 0 aliphatic carbocycles. The van der Waals surface area contributed by atoms with Gasteiger partial charge in [0.05, 0.1) is 6.20 Å². The number of amides is 1. The molecule has 1 aromatic heterocycles. The summed E-state index contributed by atoms with van der Waals surface area (Å²) in [5.74, 6) is 2.20. The molecule has 1 saturated heterocycles. The zero-order valence-electron chi connectivity index (χ0n) is 17.8. The maximum Gasteiger partial charge on any atom is 0.243 e. The van der Waals surface area contributed by atoms with Gasteiger partial charge < -0.3 is 15.1 Å². The molecule has 9 heteroatoms. The van der Waals surface area contributed by atoms with Gasteiger partial charge in [-0.1, -0.05) is 18.2 Å². The highest BCUT2D eigenvalue weighted by Gasteiger charge is 2.27. The van der Waals surface area contributed by atoms with Crippen LogP contribution < -0.4 is 5.32 Å². The van der Waals surface area contributed by atoms with E-state index in [1.165, 1.54) is 10.5 Å². The highest BCUT2D eigenvalue weighted by molar-refractivity contribution is 14.0. The normalized spacial score (nSPS) is 16.3. The summed E-state index contributed by atoms with van der Waals surface area (Å²) in [4.78, 5) is 21.7. The molecular weight excluding hydrogens is 511 g/mol. The lowest BCUT2D eigenvalue weighted by Crippen LogP contribution is -2.41. The van der Waals surface area contributed by atoms with Gasteiger partial charge in [-0.2, -0.15) is 5.10 Å². The van der Waals surface area contributed by atoms with Crippen LogP contribution in [0, 0.1) is 0 Å². The highest BCUT2D eigenvalue weighted by atomic mass is 127. The van der Waals surface area contributed by atoms with Crippen molar-refractivity contribution in [1.29, 1.82) is 0 Å². The van der Waals surface area contributed by atoms with Crippen LogP contribution in [0.3, 0.4) is 0 Å². The summed E-state index contributed by atoms with van der Waals surface area (Å²) in [5.41, 5.74) is 1.26. The predicted octanol–water partition coefficient (Wildman–Crippen LogP) is 2.65. The summed E-state index contributed by atoms with van der Waals surface area (Å²) in [5, 5.41) is 7.77. The molecule has 1 amide bonds. The molecule has 3 rings (SSSR count). The molecule has 1 aliphatic rings. The summed E-state index contributed by atoms with van der Waals surface area (Å²) in [6.45, 7) is 2.77. The van der Waals surface area contributed by atoms with Gasteiger partial charge in [0.15, 0.2) is 5.96 Å². The Hall–Kier alpha value is -1.75. The third-order valence-electron chi connectivity index (χ3n) is 4.94. The van der Waals surface area contributed by atoms with Crippen LogP contribution in [0.1, 0.15) is 17.9 Å². The number of benzene rings is 1. The molecule has 2 aromatic rings. The smallest absolute Gasteiger partial charge is 0.243 e. The monoisotopic (exact) mass is 542 g/mol. The fraction of sp³-hybridized carbons (Fsp3) is 0.476. The van der Waals surface area contributed by atoms with Crippen molar-refractivity contribution < 1.29 is 4.79 Å². The van der Waals surface area contributed by atoms with Crippen LogP contribution in [-0.2, 0) is 11.8 Å². The van der Waals surface area contributed by atoms with Gasteiger partial charge in [0.2, 0.25) is 5.91 Å². The average molecular weight is 542 g/mol. The molecular formula is C21H31IN6OS. The van der Waals surface area contributed by atoms with Crippen molar-refractivity contribution in [3.05, 3.63) is 48.3 Å². The number of hydrogen-bond donors (Lipinski definition) is 1. The van der Waals surface area contributed by atoms with Gasteiger partial charge in [-0.25, -0.2) is 4.99 Å². The summed E-state index contributed by atoms with van der Waals surface area (Å²) in [6.07, 6.45) is 5.10. The molecule has 1 N–H and O–H groups in total. The second-order valence-corrected chi connectivity index (χ2v) is 8.56. The third-order valence-corrected chi connectivity index (χ3v) is 5.96. The molecule has 0 spiro atoms. The van der Waals surface area contributed by atoms with Crippen LogP contribution in [0.2, 0.25) is 0 Å². The van der Waals surface area contributed by atoms with Gasteiger partial charge in [-0.3, -0.25) is 9.48 Å². The maximum atomic E-state index is 12.0. The number of carbonyl (C=O) groups excluding carboxylic acids is 1. The molecule has 0 radical (unpaired) electrons. The zero-order chi connectivity index (χ0) is 20.6. The van der Waals surface area contributed by atoms with Crippen molar-refractivity contribution in [3.63, 3.8) is 0 Å². The molecule has 0 saturated carbocycles. The third kappa shape index (κ3) is 7.19. The van der Waals surface area contributed by atoms with Crippen molar-refractivity contribution >= 4 is 47.6 Å². The number of hydrogen-bond acceptors (Lipinski definition) is 4. The Bertz CT molecular complexity index is 826. The minimum absolute atomic E-state index is 0. The Balaban J connectivity index is 0.00000320. The summed E-state index contributed by atoms with van der Waals surface area (Å²) < 4.78 is 1.85. The van der Waals surface area contributed by atoms with Crippen molar-refractivity contribution in [1.82, 2.24) is 24.9 Å². The van der Waals surface area contributed by atoms with E-state index in [1.807, 2.05) is 35.8 Å². The van der Waals surface area contributed by atoms with Crippen molar-refractivity contribution in [2.45, 2.75) is 17.2 Å². The fourth-order valence-corrected chi connectivity index (χ4v) is 4.07. The van der Waals surface area contributed by atoms with E-state index in [0.717, 1.165) is 37.8 Å². The lowest BCUT2D eigenvalue weighted by molar-refractivity contribution is -0.127. The SMILES string of the molecule is CN(C)C(=O)CN=C(NCCSc1ccccc1)N1CCC(c2cnn(C)c2)C1.I. The Labute approximate surface area is 200 Å². The number of aryl methyl sites for hydroxylation is 1. The second kappa shape index (κ2) is 12.2. The Morgan fingerprint density at radius 2 is 2.10 bits per heavy atom. The number of carbonyl (C=O) groups is 1. The molecule has 1 atom stereocenters. The standard InChI is InChI=1S/C21H30N6OS.HI/c1-25(2)20(28)14-23-21(22-10-12-29-19-7-5-4-6-8-19)27-11-9-17(16-27)18-13-24-26(3)15-18;/h4-8,13,15,17H,9-12,14,16H2,1-3H3,(H,22,23);1H. The number of rotatable bonds is 7. The molecule has 0 bridgehead atoms. The summed E-state index contributed by atoms with van der Waals surface area (Å²) in [6, 6.07) is 10.4. The Kier molecular flexibility index (Phi) is 9.96. The largest absolute Gasteiger partial charge is 0.355 e. The van der Waals surface area contributed by atoms with E-state index in [4.69, 9.17) is 0 Å². The minimum atomic E-state index is 0. The van der Waals surface area contributed by atoms with E-state index >= 15 is 0 Å². The fourth-order valence-electron chi connectivity index (χ4n) is 3.28. The molecule has 30 heavy (non-hydrogen) atoms. The number of nitrogens with zero attached hydrogens (tertiary/aromatic N) is 5. The quantitative estimate of drug-likeness (QED) is 0.192. The van der Waals surface area contributed by atoms with Crippen LogP contribution in [0.4, 0.5) is 0 Å². The lowest BCUT2D eigenvalue weighted by atomic mass is 10.0. The Morgan fingerprint density at radius 1 is 1.33 bits per heavy atom. The van der Waals surface area contributed by atoms with Crippen LogP contribution >= 0.6 is 35.7 Å². The molecule has 1 aromatic carbocycles. The lowest BCUT2D eigenvalue weighted by Gasteiger charge is -2.22. The number of thioether (sulfide) groups is 1. The van der Waals surface area contributed by atoms with Gasteiger partial charge >= 0.3 is 0 Å². The van der Waals surface area contributed by atoms with Crippen LogP contribution in [0.5, 0.6) is 0 Å². The van der Waals surface area contributed by atoms with E-state index < -0.39 is 0 Å². The maximum absolute atomic E-state index is 12.0. The molecule has 2 heterocycles. The molecule has 1 unspecified atom stereocenters. The molecule has 164 valence electrons. The summed E-state index contributed by atoms with van der Waals surface area (Å²) >= 11 is 1.81. The first-order chi connectivity index (χ1) is 14.0. The van der Waals surface area contributed by atoms with Crippen molar-refractivity contribution in [3.8, 4) is 0 Å². The van der Waals surface area contributed by atoms with Gasteiger partial charge in [-0.15, -0.1) is 35.7 Å². The topological polar surface area (TPSA) is 65.8 Å².